The fourth-order valence-electron chi connectivity index (χ4n) is 2.07. The molecule has 0 aliphatic rings. The lowest BCUT2D eigenvalue weighted by Crippen LogP contribution is -2.24. The molecule has 0 aliphatic heterocycles. The smallest absolute Gasteiger partial charge is 0.228 e. The van der Waals surface area contributed by atoms with Gasteiger partial charge in [0.2, 0.25) is 11.7 Å². The summed E-state index contributed by atoms with van der Waals surface area (Å²) in [6, 6.07) is 3.92. The van der Waals surface area contributed by atoms with Gasteiger partial charge in [-0.1, -0.05) is 25.1 Å². The van der Waals surface area contributed by atoms with Gasteiger partial charge in [0.25, 0.3) is 0 Å². The normalized spacial score (nSPS) is 12.9. The van der Waals surface area contributed by atoms with Gasteiger partial charge in [0, 0.05) is 18.7 Å². The molecule has 2 N–H and O–H groups in total. The largest absolute Gasteiger partial charge is 0.339 e. The molecule has 0 bridgehead atoms. The van der Waals surface area contributed by atoms with Gasteiger partial charge in [0.05, 0.1) is 0 Å². The Balaban J connectivity index is 2.09. The van der Waals surface area contributed by atoms with Crippen LogP contribution in [0.15, 0.2) is 22.9 Å². The Morgan fingerprint density at radius 2 is 2.16 bits per heavy atom. The molecule has 1 unspecified atom stereocenters. The van der Waals surface area contributed by atoms with Crippen molar-refractivity contribution in [2.75, 3.05) is 0 Å². The predicted molar refractivity (Wildman–Crippen MR) is 73.4 cm³/mol. The number of hydrogen-bond donors (Lipinski definition) is 1. The van der Waals surface area contributed by atoms with Crippen LogP contribution in [0.1, 0.15) is 31.7 Å². The SMILES string of the molecule is Cc1cccnc1-c1noc(CC(N)CC(C)C)n1. The molecule has 0 saturated carbocycles. The van der Waals surface area contributed by atoms with Crippen molar-refractivity contribution in [2.45, 2.75) is 39.7 Å². The van der Waals surface area contributed by atoms with E-state index < -0.39 is 0 Å². The molecule has 2 rings (SSSR count). The summed E-state index contributed by atoms with van der Waals surface area (Å²) in [5.41, 5.74) is 7.83. The van der Waals surface area contributed by atoms with Crippen LogP contribution in [0, 0.1) is 12.8 Å². The summed E-state index contributed by atoms with van der Waals surface area (Å²) in [4.78, 5) is 8.64. The zero-order chi connectivity index (χ0) is 13.8. The summed E-state index contributed by atoms with van der Waals surface area (Å²) in [5.74, 6) is 1.67. The molecular formula is C14H20N4O. The fourth-order valence-corrected chi connectivity index (χ4v) is 2.07. The van der Waals surface area contributed by atoms with E-state index in [0.29, 0.717) is 24.1 Å². The lowest BCUT2D eigenvalue weighted by atomic mass is 10.0. The van der Waals surface area contributed by atoms with E-state index in [2.05, 4.69) is 29.0 Å². The first kappa shape index (κ1) is 13.7. The molecule has 102 valence electrons. The molecule has 2 aromatic heterocycles. The molecule has 0 radical (unpaired) electrons. The number of nitrogens with zero attached hydrogens (tertiary/aromatic N) is 3. The monoisotopic (exact) mass is 260 g/mol. The Kier molecular flexibility index (Phi) is 4.27. The molecule has 5 nitrogen and oxygen atoms in total. The summed E-state index contributed by atoms with van der Waals surface area (Å²) in [7, 11) is 0. The third kappa shape index (κ3) is 3.61. The van der Waals surface area contributed by atoms with Gasteiger partial charge < -0.3 is 10.3 Å². The molecule has 5 heteroatoms. The van der Waals surface area contributed by atoms with Crippen LogP contribution in [-0.2, 0) is 6.42 Å². The van der Waals surface area contributed by atoms with E-state index in [1.54, 1.807) is 6.20 Å². The maximum absolute atomic E-state index is 6.04. The van der Waals surface area contributed by atoms with Crippen molar-refractivity contribution in [3.63, 3.8) is 0 Å². The molecule has 0 spiro atoms. The van der Waals surface area contributed by atoms with Gasteiger partial charge in [-0.25, -0.2) is 0 Å². The zero-order valence-corrected chi connectivity index (χ0v) is 11.6. The minimum Gasteiger partial charge on any atom is -0.339 e. The summed E-state index contributed by atoms with van der Waals surface area (Å²) in [6.45, 7) is 6.27. The lowest BCUT2D eigenvalue weighted by Gasteiger charge is -2.10. The first-order valence-corrected chi connectivity index (χ1v) is 6.56. The quantitative estimate of drug-likeness (QED) is 0.892. The Bertz CT molecular complexity index is 536. The minimum absolute atomic E-state index is 0.0538. The fraction of sp³-hybridized carbons (Fsp3) is 0.500. The third-order valence-electron chi connectivity index (χ3n) is 2.90. The molecule has 2 heterocycles. The van der Waals surface area contributed by atoms with E-state index in [-0.39, 0.29) is 6.04 Å². The average molecular weight is 260 g/mol. The van der Waals surface area contributed by atoms with Crippen molar-refractivity contribution in [1.29, 1.82) is 0 Å². The van der Waals surface area contributed by atoms with Crippen molar-refractivity contribution >= 4 is 0 Å². The topological polar surface area (TPSA) is 77.8 Å². The van der Waals surface area contributed by atoms with E-state index in [0.717, 1.165) is 17.7 Å². The van der Waals surface area contributed by atoms with E-state index in [1.165, 1.54) is 0 Å². The zero-order valence-electron chi connectivity index (χ0n) is 11.6. The van der Waals surface area contributed by atoms with Crippen molar-refractivity contribution < 1.29 is 4.52 Å². The van der Waals surface area contributed by atoms with Gasteiger partial charge in [-0.3, -0.25) is 4.98 Å². The molecule has 1 atom stereocenters. The Labute approximate surface area is 113 Å². The highest BCUT2D eigenvalue weighted by Crippen LogP contribution is 2.17. The van der Waals surface area contributed by atoms with Crippen molar-refractivity contribution in [3.8, 4) is 11.5 Å². The summed E-state index contributed by atoms with van der Waals surface area (Å²) < 4.78 is 5.25. The van der Waals surface area contributed by atoms with E-state index in [9.17, 15) is 0 Å². The number of hydrogen-bond acceptors (Lipinski definition) is 5. The molecule has 0 aliphatic carbocycles. The Hall–Kier alpha value is -1.75. The van der Waals surface area contributed by atoms with Crippen LogP contribution in [0.5, 0.6) is 0 Å². The number of rotatable bonds is 5. The lowest BCUT2D eigenvalue weighted by molar-refractivity contribution is 0.359. The molecule has 19 heavy (non-hydrogen) atoms. The summed E-state index contributed by atoms with van der Waals surface area (Å²) in [6.07, 6.45) is 3.28. The van der Waals surface area contributed by atoms with Crippen LogP contribution in [0.3, 0.4) is 0 Å². The molecule has 0 amide bonds. The van der Waals surface area contributed by atoms with Crippen LogP contribution in [0.25, 0.3) is 11.5 Å². The maximum atomic E-state index is 6.04. The predicted octanol–water partition coefficient (Wildman–Crippen LogP) is 2.36. The Morgan fingerprint density at radius 1 is 1.37 bits per heavy atom. The second-order valence-corrected chi connectivity index (χ2v) is 5.27. The van der Waals surface area contributed by atoms with Crippen LogP contribution < -0.4 is 5.73 Å². The highest BCUT2D eigenvalue weighted by Gasteiger charge is 2.15. The van der Waals surface area contributed by atoms with Crippen molar-refractivity contribution in [2.24, 2.45) is 11.7 Å². The molecular weight excluding hydrogens is 240 g/mol. The van der Waals surface area contributed by atoms with Crippen LogP contribution in [-0.4, -0.2) is 21.2 Å². The van der Waals surface area contributed by atoms with E-state index in [4.69, 9.17) is 10.3 Å². The van der Waals surface area contributed by atoms with Crippen LogP contribution >= 0.6 is 0 Å². The molecule has 0 aromatic carbocycles. The molecule has 2 aromatic rings. The second-order valence-electron chi connectivity index (χ2n) is 5.27. The van der Waals surface area contributed by atoms with Gasteiger partial charge in [0.1, 0.15) is 5.69 Å². The first-order valence-electron chi connectivity index (χ1n) is 6.56. The summed E-state index contributed by atoms with van der Waals surface area (Å²) in [5, 5.41) is 3.98. The van der Waals surface area contributed by atoms with Gasteiger partial charge in [0.15, 0.2) is 0 Å². The number of aryl methyl sites for hydroxylation is 1. The van der Waals surface area contributed by atoms with E-state index >= 15 is 0 Å². The van der Waals surface area contributed by atoms with Gasteiger partial charge in [-0.15, -0.1) is 0 Å². The van der Waals surface area contributed by atoms with Crippen molar-refractivity contribution in [1.82, 2.24) is 15.1 Å². The number of nitrogens with two attached hydrogens (primary N) is 1. The number of pyridine rings is 1. The average Bonchev–Trinajstić information content (AvgIpc) is 2.76. The highest BCUT2D eigenvalue weighted by molar-refractivity contribution is 5.53. The van der Waals surface area contributed by atoms with Crippen molar-refractivity contribution in [3.05, 3.63) is 29.8 Å². The Morgan fingerprint density at radius 3 is 2.84 bits per heavy atom. The highest BCUT2D eigenvalue weighted by atomic mass is 16.5. The van der Waals surface area contributed by atoms with Gasteiger partial charge in [-0.05, 0) is 30.9 Å². The van der Waals surface area contributed by atoms with Gasteiger partial charge in [-0.2, -0.15) is 4.98 Å². The first-order chi connectivity index (χ1) is 9.06. The van der Waals surface area contributed by atoms with Crippen LogP contribution in [0.4, 0.5) is 0 Å². The standard InChI is InChI=1S/C14H20N4O/c1-9(2)7-11(15)8-12-17-14(18-19-12)13-10(3)5-4-6-16-13/h4-6,9,11H,7-8,15H2,1-3H3. The summed E-state index contributed by atoms with van der Waals surface area (Å²) >= 11 is 0. The molecule has 0 saturated heterocycles. The molecule has 0 fully saturated rings. The second kappa shape index (κ2) is 5.93. The van der Waals surface area contributed by atoms with E-state index in [1.807, 2.05) is 19.1 Å². The number of aromatic nitrogens is 3. The van der Waals surface area contributed by atoms with Gasteiger partial charge >= 0.3 is 0 Å². The maximum Gasteiger partial charge on any atom is 0.228 e. The van der Waals surface area contributed by atoms with Crippen LogP contribution in [0.2, 0.25) is 0 Å². The minimum atomic E-state index is 0.0538. The third-order valence-corrected chi connectivity index (χ3v) is 2.90.